The van der Waals surface area contributed by atoms with Crippen molar-refractivity contribution >= 4 is 22.9 Å². The fraction of sp³-hybridized carbons (Fsp3) is 0.158. The normalized spacial score (nSPS) is 10.3. The lowest BCUT2D eigenvalue weighted by atomic mass is 10.2. The Hall–Kier alpha value is -2.86. The van der Waals surface area contributed by atoms with Crippen LogP contribution in [0.3, 0.4) is 0 Å². The molecule has 0 spiro atoms. The van der Waals surface area contributed by atoms with E-state index >= 15 is 0 Å². The third kappa shape index (κ3) is 4.58. The number of rotatable bonds is 7. The van der Waals surface area contributed by atoms with Crippen molar-refractivity contribution in [3.63, 3.8) is 0 Å². The van der Waals surface area contributed by atoms with Crippen molar-refractivity contribution in [3.05, 3.63) is 70.7 Å². The van der Waals surface area contributed by atoms with Crippen LogP contribution in [0.2, 0.25) is 0 Å². The van der Waals surface area contributed by atoms with Crippen LogP contribution in [-0.2, 0) is 6.61 Å². The molecule has 25 heavy (non-hydrogen) atoms. The standard InChI is InChI=1S/C19H18N2O3S/c1-2-23-18-6-4-3-5-17(18)21-19(22)14-7-9-16(10-8-14)24-11-15-12-25-13-20-15/h3-10,12-13H,2,11H2,1H3,(H,21,22). The molecule has 128 valence electrons. The number of hydrogen-bond acceptors (Lipinski definition) is 5. The van der Waals surface area contributed by atoms with Gasteiger partial charge in [-0.1, -0.05) is 12.1 Å². The highest BCUT2D eigenvalue weighted by molar-refractivity contribution is 7.07. The third-order valence-electron chi connectivity index (χ3n) is 3.42. The third-order valence-corrected chi connectivity index (χ3v) is 4.06. The number of carbonyl (C=O) groups is 1. The Kier molecular flexibility index (Phi) is 5.64. The molecular weight excluding hydrogens is 336 g/mol. The summed E-state index contributed by atoms with van der Waals surface area (Å²) in [5.41, 5.74) is 3.86. The van der Waals surface area contributed by atoms with E-state index in [4.69, 9.17) is 9.47 Å². The number of carbonyl (C=O) groups excluding carboxylic acids is 1. The summed E-state index contributed by atoms with van der Waals surface area (Å²) in [5, 5.41) is 4.81. The maximum Gasteiger partial charge on any atom is 0.255 e. The van der Waals surface area contributed by atoms with Gasteiger partial charge >= 0.3 is 0 Å². The molecule has 5 nitrogen and oxygen atoms in total. The molecule has 0 aliphatic rings. The highest BCUT2D eigenvalue weighted by Crippen LogP contribution is 2.24. The van der Waals surface area contributed by atoms with Gasteiger partial charge in [0.05, 0.1) is 23.5 Å². The van der Waals surface area contributed by atoms with Gasteiger partial charge in [0.25, 0.3) is 5.91 Å². The summed E-state index contributed by atoms with van der Waals surface area (Å²) in [6.07, 6.45) is 0. The van der Waals surface area contributed by atoms with Crippen molar-refractivity contribution in [2.75, 3.05) is 11.9 Å². The Morgan fingerprint density at radius 2 is 1.92 bits per heavy atom. The van der Waals surface area contributed by atoms with Crippen LogP contribution >= 0.6 is 11.3 Å². The van der Waals surface area contributed by atoms with E-state index in [-0.39, 0.29) is 5.91 Å². The molecule has 0 radical (unpaired) electrons. The number of nitrogens with zero attached hydrogens (tertiary/aromatic N) is 1. The van der Waals surface area contributed by atoms with Crippen LogP contribution in [0.15, 0.2) is 59.4 Å². The lowest BCUT2D eigenvalue weighted by molar-refractivity contribution is 0.102. The Morgan fingerprint density at radius 1 is 1.12 bits per heavy atom. The van der Waals surface area contributed by atoms with Crippen LogP contribution < -0.4 is 14.8 Å². The second-order valence-corrected chi connectivity index (χ2v) is 5.89. The zero-order chi connectivity index (χ0) is 17.5. The fourth-order valence-electron chi connectivity index (χ4n) is 2.21. The highest BCUT2D eigenvalue weighted by atomic mass is 32.1. The SMILES string of the molecule is CCOc1ccccc1NC(=O)c1ccc(OCc2cscn2)cc1. The molecule has 0 saturated carbocycles. The summed E-state index contributed by atoms with van der Waals surface area (Å²) in [6.45, 7) is 2.86. The number of benzene rings is 2. The largest absolute Gasteiger partial charge is 0.492 e. The number of anilines is 1. The Labute approximate surface area is 150 Å². The Balaban J connectivity index is 1.62. The number of para-hydroxylation sites is 2. The van der Waals surface area contributed by atoms with Crippen molar-refractivity contribution in [2.45, 2.75) is 13.5 Å². The number of ether oxygens (including phenoxy) is 2. The molecule has 0 fully saturated rings. The van der Waals surface area contributed by atoms with Crippen LogP contribution in [0.1, 0.15) is 23.0 Å². The minimum absolute atomic E-state index is 0.196. The number of nitrogens with one attached hydrogen (secondary N) is 1. The number of hydrogen-bond donors (Lipinski definition) is 1. The van der Waals surface area contributed by atoms with Gasteiger partial charge in [-0.3, -0.25) is 4.79 Å². The maximum atomic E-state index is 12.4. The van der Waals surface area contributed by atoms with E-state index in [0.29, 0.717) is 36.0 Å². The van der Waals surface area contributed by atoms with Gasteiger partial charge in [0.1, 0.15) is 18.1 Å². The first-order chi connectivity index (χ1) is 12.3. The molecule has 1 amide bonds. The second-order valence-electron chi connectivity index (χ2n) is 5.18. The van der Waals surface area contributed by atoms with Crippen molar-refractivity contribution in [3.8, 4) is 11.5 Å². The summed E-state index contributed by atoms with van der Waals surface area (Å²) in [7, 11) is 0. The molecule has 1 N–H and O–H groups in total. The molecule has 0 aliphatic carbocycles. The lowest BCUT2D eigenvalue weighted by Crippen LogP contribution is -2.12. The minimum Gasteiger partial charge on any atom is -0.492 e. The molecule has 0 aliphatic heterocycles. The minimum atomic E-state index is -0.196. The van der Waals surface area contributed by atoms with E-state index in [2.05, 4.69) is 10.3 Å². The first-order valence-corrected chi connectivity index (χ1v) is 8.83. The highest BCUT2D eigenvalue weighted by Gasteiger charge is 2.10. The number of amides is 1. The van der Waals surface area contributed by atoms with Gasteiger partial charge in [-0.2, -0.15) is 0 Å². The molecule has 0 bridgehead atoms. The summed E-state index contributed by atoms with van der Waals surface area (Å²) >= 11 is 1.53. The maximum absolute atomic E-state index is 12.4. The summed E-state index contributed by atoms with van der Waals surface area (Å²) in [4.78, 5) is 16.6. The summed E-state index contributed by atoms with van der Waals surface area (Å²) in [5.74, 6) is 1.15. The topological polar surface area (TPSA) is 60.5 Å². The zero-order valence-electron chi connectivity index (χ0n) is 13.8. The predicted octanol–water partition coefficient (Wildman–Crippen LogP) is 4.37. The van der Waals surface area contributed by atoms with Crippen molar-refractivity contribution in [1.29, 1.82) is 0 Å². The van der Waals surface area contributed by atoms with Gasteiger partial charge in [0, 0.05) is 10.9 Å². The van der Waals surface area contributed by atoms with Crippen LogP contribution in [0.4, 0.5) is 5.69 Å². The fourth-order valence-corrected chi connectivity index (χ4v) is 2.76. The molecule has 1 aromatic heterocycles. The van der Waals surface area contributed by atoms with Gasteiger partial charge in [-0.15, -0.1) is 11.3 Å². The van der Waals surface area contributed by atoms with Gasteiger partial charge in [-0.25, -0.2) is 4.98 Å². The quantitative estimate of drug-likeness (QED) is 0.684. The van der Waals surface area contributed by atoms with Gasteiger partial charge in [0.15, 0.2) is 0 Å². The predicted molar refractivity (Wildman–Crippen MR) is 98.5 cm³/mol. The van der Waals surface area contributed by atoms with Crippen molar-refractivity contribution in [1.82, 2.24) is 4.98 Å². The molecule has 0 unspecified atom stereocenters. The Bertz CT molecular complexity index is 817. The zero-order valence-corrected chi connectivity index (χ0v) is 14.6. The smallest absolute Gasteiger partial charge is 0.255 e. The van der Waals surface area contributed by atoms with E-state index in [1.807, 2.05) is 36.6 Å². The summed E-state index contributed by atoms with van der Waals surface area (Å²) in [6, 6.07) is 14.4. The molecule has 2 aromatic carbocycles. The molecule has 3 rings (SSSR count). The van der Waals surface area contributed by atoms with Crippen LogP contribution in [0.5, 0.6) is 11.5 Å². The van der Waals surface area contributed by atoms with Gasteiger partial charge in [0.2, 0.25) is 0 Å². The van der Waals surface area contributed by atoms with Gasteiger partial charge in [-0.05, 0) is 43.3 Å². The van der Waals surface area contributed by atoms with E-state index in [9.17, 15) is 4.79 Å². The molecule has 0 atom stereocenters. The second kappa shape index (κ2) is 8.30. The monoisotopic (exact) mass is 354 g/mol. The molecule has 1 heterocycles. The molecule has 3 aromatic rings. The van der Waals surface area contributed by atoms with Crippen molar-refractivity contribution < 1.29 is 14.3 Å². The number of aromatic nitrogens is 1. The molecular formula is C19H18N2O3S. The van der Waals surface area contributed by atoms with Crippen molar-refractivity contribution in [2.24, 2.45) is 0 Å². The lowest BCUT2D eigenvalue weighted by Gasteiger charge is -2.11. The first kappa shape index (κ1) is 17.0. The van der Waals surface area contributed by atoms with E-state index in [1.165, 1.54) is 11.3 Å². The van der Waals surface area contributed by atoms with E-state index in [0.717, 1.165) is 5.69 Å². The van der Waals surface area contributed by atoms with Gasteiger partial charge < -0.3 is 14.8 Å². The molecule has 0 saturated heterocycles. The Morgan fingerprint density at radius 3 is 2.64 bits per heavy atom. The number of thiazole rings is 1. The average molecular weight is 354 g/mol. The van der Waals surface area contributed by atoms with Crippen LogP contribution in [0.25, 0.3) is 0 Å². The summed E-state index contributed by atoms with van der Waals surface area (Å²) < 4.78 is 11.2. The van der Waals surface area contributed by atoms with Crippen LogP contribution in [-0.4, -0.2) is 17.5 Å². The van der Waals surface area contributed by atoms with Crippen LogP contribution in [0, 0.1) is 0 Å². The van der Waals surface area contributed by atoms with E-state index in [1.54, 1.807) is 29.8 Å². The average Bonchev–Trinajstić information content (AvgIpc) is 3.16. The first-order valence-electron chi connectivity index (χ1n) is 7.89. The van der Waals surface area contributed by atoms with E-state index < -0.39 is 0 Å². The molecule has 6 heteroatoms.